The van der Waals surface area contributed by atoms with Crippen molar-refractivity contribution in [2.45, 2.75) is 19.4 Å². The number of nitrogens with one attached hydrogen (secondary N) is 1. The predicted octanol–water partition coefficient (Wildman–Crippen LogP) is 3.54. The van der Waals surface area contributed by atoms with Crippen molar-refractivity contribution in [2.75, 3.05) is 7.05 Å². The average molecular weight is 223 g/mol. The Morgan fingerprint density at radius 2 is 1.76 bits per heavy atom. The second-order valence-electron chi connectivity index (χ2n) is 4.76. The molecule has 0 bridgehead atoms. The van der Waals surface area contributed by atoms with Gasteiger partial charge in [0.1, 0.15) is 0 Å². The summed E-state index contributed by atoms with van der Waals surface area (Å²) < 4.78 is 0. The standard InChI is InChI=1S/C16H17N/c1-11(17-2)12-7-8-16-14(9-12)10-13-5-3-4-6-15(13)16/h3-9,11,17H,10H2,1-2H3. The van der Waals surface area contributed by atoms with Gasteiger partial charge < -0.3 is 5.32 Å². The topological polar surface area (TPSA) is 12.0 Å². The van der Waals surface area contributed by atoms with Gasteiger partial charge in [0.2, 0.25) is 0 Å². The van der Waals surface area contributed by atoms with Crippen molar-refractivity contribution in [3.63, 3.8) is 0 Å². The maximum atomic E-state index is 3.29. The summed E-state index contributed by atoms with van der Waals surface area (Å²) in [7, 11) is 2.01. The highest BCUT2D eigenvalue weighted by molar-refractivity contribution is 5.76. The highest BCUT2D eigenvalue weighted by atomic mass is 14.8. The summed E-state index contributed by atoms with van der Waals surface area (Å²) in [6.45, 7) is 2.20. The second kappa shape index (κ2) is 4.01. The number of fused-ring (bicyclic) bond motifs is 3. The molecular weight excluding hydrogens is 206 g/mol. The highest BCUT2D eigenvalue weighted by Crippen LogP contribution is 2.37. The first kappa shape index (κ1) is 10.5. The molecule has 0 saturated carbocycles. The van der Waals surface area contributed by atoms with Crippen molar-refractivity contribution >= 4 is 0 Å². The van der Waals surface area contributed by atoms with Crippen LogP contribution >= 0.6 is 0 Å². The van der Waals surface area contributed by atoms with Crippen molar-refractivity contribution in [1.82, 2.24) is 5.32 Å². The molecule has 86 valence electrons. The Bertz CT molecular complexity index is 557. The fraction of sp³-hybridized carbons (Fsp3) is 0.250. The third kappa shape index (κ3) is 1.67. The van der Waals surface area contributed by atoms with Crippen molar-refractivity contribution in [2.24, 2.45) is 0 Å². The highest BCUT2D eigenvalue weighted by Gasteiger charge is 2.18. The third-order valence-electron chi connectivity index (χ3n) is 3.75. The summed E-state index contributed by atoms with van der Waals surface area (Å²) in [4.78, 5) is 0. The van der Waals surface area contributed by atoms with E-state index in [2.05, 4.69) is 54.7 Å². The van der Waals surface area contributed by atoms with Gasteiger partial charge in [-0.1, -0.05) is 42.5 Å². The van der Waals surface area contributed by atoms with Crippen LogP contribution in [0.2, 0.25) is 0 Å². The molecule has 0 amide bonds. The Morgan fingerprint density at radius 1 is 1.00 bits per heavy atom. The van der Waals surface area contributed by atoms with Crippen LogP contribution in [0.1, 0.15) is 29.7 Å². The van der Waals surface area contributed by atoms with E-state index in [-0.39, 0.29) is 0 Å². The molecule has 0 fully saturated rings. The molecule has 0 saturated heterocycles. The quantitative estimate of drug-likeness (QED) is 0.700. The van der Waals surface area contributed by atoms with E-state index in [1.807, 2.05) is 7.05 Å². The van der Waals surface area contributed by atoms with Crippen LogP contribution < -0.4 is 5.32 Å². The van der Waals surface area contributed by atoms with E-state index < -0.39 is 0 Å². The summed E-state index contributed by atoms with van der Waals surface area (Å²) >= 11 is 0. The maximum Gasteiger partial charge on any atom is 0.0289 e. The van der Waals surface area contributed by atoms with Crippen LogP contribution in [0.25, 0.3) is 11.1 Å². The van der Waals surface area contributed by atoms with Crippen LogP contribution in [-0.2, 0) is 6.42 Å². The first-order chi connectivity index (χ1) is 8.29. The molecule has 1 unspecified atom stereocenters. The normalized spacial score (nSPS) is 14.2. The fourth-order valence-corrected chi connectivity index (χ4v) is 2.60. The van der Waals surface area contributed by atoms with Gasteiger partial charge >= 0.3 is 0 Å². The molecule has 1 aliphatic rings. The fourth-order valence-electron chi connectivity index (χ4n) is 2.60. The third-order valence-corrected chi connectivity index (χ3v) is 3.75. The van der Waals surface area contributed by atoms with Crippen molar-refractivity contribution in [3.05, 3.63) is 59.2 Å². The molecule has 3 rings (SSSR count). The minimum absolute atomic E-state index is 0.420. The lowest BCUT2D eigenvalue weighted by Crippen LogP contribution is -2.12. The predicted molar refractivity (Wildman–Crippen MR) is 72.2 cm³/mol. The Kier molecular flexibility index (Phi) is 2.49. The van der Waals surface area contributed by atoms with E-state index in [4.69, 9.17) is 0 Å². The SMILES string of the molecule is CNC(C)c1ccc2c(c1)Cc1ccccc1-2. The minimum Gasteiger partial charge on any atom is -0.313 e. The molecule has 2 aromatic rings. The smallest absolute Gasteiger partial charge is 0.0289 e. The largest absolute Gasteiger partial charge is 0.313 e. The van der Waals surface area contributed by atoms with Gasteiger partial charge in [-0.2, -0.15) is 0 Å². The van der Waals surface area contributed by atoms with E-state index in [1.165, 1.54) is 27.8 Å². The lowest BCUT2D eigenvalue weighted by atomic mass is 10.0. The zero-order valence-electron chi connectivity index (χ0n) is 10.3. The molecule has 1 aliphatic carbocycles. The molecule has 1 heteroatoms. The molecule has 2 aromatic carbocycles. The van der Waals surface area contributed by atoms with Crippen LogP contribution in [0.15, 0.2) is 42.5 Å². The van der Waals surface area contributed by atoms with Gasteiger partial charge in [-0.3, -0.25) is 0 Å². The summed E-state index contributed by atoms with van der Waals surface area (Å²) in [5.41, 5.74) is 7.11. The first-order valence-corrected chi connectivity index (χ1v) is 6.18. The molecule has 17 heavy (non-hydrogen) atoms. The van der Waals surface area contributed by atoms with E-state index in [0.717, 1.165) is 6.42 Å². The van der Waals surface area contributed by atoms with Gasteiger partial charge in [-0.25, -0.2) is 0 Å². The van der Waals surface area contributed by atoms with Crippen LogP contribution in [0.5, 0.6) is 0 Å². The summed E-state index contributed by atoms with van der Waals surface area (Å²) in [6, 6.07) is 16.0. The summed E-state index contributed by atoms with van der Waals surface area (Å²) in [6.07, 6.45) is 1.08. The van der Waals surface area contributed by atoms with Gasteiger partial charge in [-0.05, 0) is 48.2 Å². The molecule has 0 heterocycles. The zero-order valence-corrected chi connectivity index (χ0v) is 10.3. The number of benzene rings is 2. The lowest BCUT2D eigenvalue weighted by molar-refractivity contribution is 0.652. The Labute approximate surface area is 102 Å². The van der Waals surface area contributed by atoms with E-state index in [9.17, 15) is 0 Å². The molecule has 1 atom stereocenters. The van der Waals surface area contributed by atoms with Gasteiger partial charge in [-0.15, -0.1) is 0 Å². The summed E-state index contributed by atoms with van der Waals surface area (Å²) in [5, 5.41) is 3.29. The Hall–Kier alpha value is -1.60. The molecule has 0 aliphatic heterocycles. The zero-order chi connectivity index (χ0) is 11.8. The summed E-state index contributed by atoms with van der Waals surface area (Å²) in [5.74, 6) is 0. The monoisotopic (exact) mass is 223 g/mol. The molecular formula is C16H17N. The van der Waals surface area contributed by atoms with Gasteiger partial charge in [0.05, 0.1) is 0 Å². The Morgan fingerprint density at radius 3 is 2.59 bits per heavy atom. The van der Waals surface area contributed by atoms with Gasteiger partial charge in [0.25, 0.3) is 0 Å². The molecule has 1 N–H and O–H groups in total. The van der Waals surface area contributed by atoms with E-state index >= 15 is 0 Å². The molecule has 0 radical (unpaired) electrons. The molecule has 0 spiro atoms. The average Bonchev–Trinajstić information content (AvgIpc) is 2.75. The van der Waals surface area contributed by atoms with E-state index in [0.29, 0.717) is 6.04 Å². The van der Waals surface area contributed by atoms with Gasteiger partial charge in [0.15, 0.2) is 0 Å². The Balaban J connectivity index is 2.07. The maximum absolute atomic E-state index is 3.29. The van der Waals surface area contributed by atoms with Crippen LogP contribution in [0.3, 0.4) is 0 Å². The van der Waals surface area contributed by atoms with Gasteiger partial charge in [0, 0.05) is 6.04 Å². The molecule has 0 aromatic heterocycles. The lowest BCUT2D eigenvalue weighted by Gasteiger charge is -2.12. The van der Waals surface area contributed by atoms with Crippen molar-refractivity contribution < 1.29 is 0 Å². The van der Waals surface area contributed by atoms with Crippen LogP contribution in [0, 0.1) is 0 Å². The van der Waals surface area contributed by atoms with Crippen LogP contribution in [0.4, 0.5) is 0 Å². The molecule has 1 nitrogen and oxygen atoms in total. The van der Waals surface area contributed by atoms with Crippen molar-refractivity contribution in [1.29, 1.82) is 0 Å². The number of hydrogen-bond acceptors (Lipinski definition) is 1. The van der Waals surface area contributed by atoms with Crippen molar-refractivity contribution in [3.8, 4) is 11.1 Å². The van der Waals surface area contributed by atoms with E-state index in [1.54, 1.807) is 0 Å². The number of rotatable bonds is 2. The van der Waals surface area contributed by atoms with Crippen LogP contribution in [-0.4, -0.2) is 7.05 Å². The second-order valence-corrected chi connectivity index (χ2v) is 4.76. The number of hydrogen-bond donors (Lipinski definition) is 1. The minimum atomic E-state index is 0.420. The first-order valence-electron chi connectivity index (χ1n) is 6.18.